The second-order valence-corrected chi connectivity index (χ2v) is 6.90. The molecule has 1 aliphatic rings. The van der Waals surface area contributed by atoms with Crippen LogP contribution in [-0.2, 0) is 6.42 Å². The molecule has 3 aromatic rings. The van der Waals surface area contributed by atoms with Crippen LogP contribution in [0.4, 0.5) is 17.2 Å². The molecule has 0 aliphatic heterocycles. The molecule has 0 bridgehead atoms. The van der Waals surface area contributed by atoms with Crippen molar-refractivity contribution >= 4 is 23.0 Å². The minimum Gasteiger partial charge on any atom is -0.396 e. The van der Waals surface area contributed by atoms with Gasteiger partial charge in [-0.1, -0.05) is 18.2 Å². The first kappa shape index (κ1) is 17.3. The molecule has 1 aromatic carbocycles. The van der Waals surface area contributed by atoms with Crippen molar-refractivity contribution in [2.24, 2.45) is 5.92 Å². The number of carbonyl (C=O) groups is 1. The maximum Gasteiger partial charge on any atom is 0.167 e. The number of aliphatic hydroxyl groups excluding tert-OH is 1. The van der Waals surface area contributed by atoms with Gasteiger partial charge < -0.3 is 21.1 Å². The van der Waals surface area contributed by atoms with Gasteiger partial charge >= 0.3 is 0 Å². The summed E-state index contributed by atoms with van der Waals surface area (Å²) in [4.78, 5) is 20.4. The van der Waals surface area contributed by atoms with Gasteiger partial charge in [-0.25, -0.2) is 4.98 Å². The molecule has 0 saturated carbocycles. The largest absolute Gasteiger partial charge is 0.396 e. The number of para-hydroxylation sites is 1. The summed E-state index contributed by atoms with van der Waals surface area (Å²) in [5.74, 6) is 0.682. The van der Waals surface area contributed by atoms with E-state index in [1.807, 2.05) is 36.4 Å². The molecular weight excluding hydrogens is 340 g/mol. The summed E-state index contributed by atoms with van der Waals surface area (Å²) in [5.41, 5.74) is 10.9. The first-order valence-electron chi connectivity index (χ1n) is 9.08. The van der Waals surface area contributed by atoms with Crippen LogP contribution in [0.1, 0.15) is 28.9 Å². The van der Waals surface area contributed by atoms with Crippen molar-refractivity contribution in [3.05, 3.63) is 59.9 Å². The lowest BCUT2D eigenvalue weighted by Gasteiger charge is -2.21. The second kappa shape index (κ2) is 7.25. The first-order valence-corrected chi connectivity index (χ1v) is 9.08. The summed E-state index contributed by atoms with van der Waals surface area (Å²) in [6.45, 7) is 0.0941. The predicted octanol–water partition coefficient (Wildman–Crippen LogP) is 3.53. The van der Waals surface area contributed by atoms with Crippen LogP contribution in [0.15, 0.2) is 48.7 Å². The topological polar surface area (TPSA) is 104 Å². The molecule has 0 spiro atoms. The monoisotopic (exact) mass is 362 g/mol. The SMILES string of the molecule is Nc1cc(-c2[nH]c3c(c2Nc2ccccc2)C(=O)CC(CCO)C3)ccn1. The van der Waals surface area contributed by atoms with E-state index >= 15 is 0 Å². The maximum absolute atomic E-state index is 12.9. The summed E-state index contributed by atoms with van der Waals surface area (Å²) in [6, 6.07) is 13.4. The van der Waals surface area contributed by atoms with Crippen molar-refractivity contribution in [1.29, 1.82) is 0 Å². The average molecular weight is 362 g/mol. The van der Waals surface area contributed by atoms with E-state index in [1.165, 1.54) is 0 Å². The van der Waals surface area contributed by atoms with Crippen LogP contribution in [0.2, 0.25) is 0 Å². The van der Waals surface area contributed by atoms with Crippen molar-refractivity contribution < 1.29 is 9.90 Å². The highest BCUT2D eigenvalue weighted by Crippen LogP contribution is 2.40. The summed E-state index contributed by atoms with van der Waals surface area (Å²) in [7, 11) is 0. The van der Waals surface area contributed by atoms with E-state index in [-0.39, 0.29) is 18.3 Å². The van der Waals surface area contributed by atoms with Gasteiger partial charge in [0.05, 0.1) is 16.9 Å². The van der Waals surface area contributed by atoms with Crippen molar-refractivity contribution in [1.82, 2.24) is 9.97 Å². The third-order valence-electron chi connectivity index (χ3n) is 4.97. The number of rotatable bonds is 5. The Morgan fingerprint density at radius 2 is 2.04 bits per heavy atom. The van der Waals surface area contributed by atoms with Gasteiger partial charge in [0.2, 0.25) is 0 Å². The molecule has 1 atom stereocenters. The Hall–Kier alpha value is -3.12. The third kappa shape index (κ3) is 3.44. The standard InChI is InChI=1S/C21H22N4O2/c22-18-12-14(6-8-23-18)20-21(24-15-4-2-1-3-5-15)19-16(25-20)10-13(7-9-26)11-17(19)27/h1-6,8,12-13,24-26H,7,9-11H2,(H2,22,23). The molecular formula is C21H22N4O2. The highest BCUT2D eigenvalue weighted by atomic mass is 16.3. The lowest BCUT2D eigenvalue weighted by atomic mass is 9.84. The molecule has 0 saturated heterocycles. The fourth-order valence-corrected chi connectivity index (χ4v) is 3.74. The van der Waals surface area contributed by atoms with Gasteiger partial charge in [-0.05, 0) is 43.0 Å². The number of nitrogens with one attached hydrogen (secondary N) is 2. The summed E-state index contributed by atoms with van der Waals surface area (Å²) >= 11 is 0. The van der Waals surface area contributed by atoms with E-state index < -0.39 is 0 Å². The van der Waals surface area contributed by atoms with E-state index in [9.17, 15) is 9.90 Å². The Morgan fingerprint density at radius 1 is 1.22 bits per heavy atom. The molecule has 2 heterocycles. The van der Waals surface area contributed by atoms with Crippen molar-refractivity contribution in [2.75, 3.05) is 17.7 Å². The van der Waals surface area contributed by atoms with Gasteiger partial charge in [0.25, 0.3) is 0 Å². The molecule has 6 heteroatoms. The molecule has 1 unspecified atom stereocenters. The number of ketones is 1. The number of Topliss-reactive ketones (excluding diaryl/α,β-unsaturated/α-hetero) is 1. The Bertz CT molecular complexity index is 966. The fourth-order valence-electron chi connectivity index (χ4n) is 3.74. The number of benzene rings is 1. The molecule has 5 N–H and O–H groups in total. The smallest absolute Gasteiger partial charge is 0.167 e. The first-order chi connectivity index (χ1) is 13.2. The van der Waals surface area contributed by atoms with Crippen LogP contribution in [0.3, 0.4) is 0 Å². The van der Waals surface area contributed by atoms with Gasteiger partial charge in [-0.15, -0.1) is 0 Å². The van der Waals surface area contributed by atoms with Crippen LogP contribution >= 0.6 is 0 Å². The maximum atomic E-state index is 12.9. The summed E-state index contributed by atoms with van der Waals surface area (Å²) in [5, 5.41) is 12.7. The van der Waals surface area contributed by atoms with E-state index in [4.69, 9.17) is 5.73 Å². The van der Waals surface area contributed by atoms with Crippen molar-refractivity contribution in [3.8, 4) is 11.3 Å². The normalized spacial score (nSPS) is 16.2. The zero-order chi connectivity index (χ0) is 18.8. The van der Waals surface area contributed by atoms with Gasteiger partial charge in [0.1, 0.15) is 5.82 Å². The summed E-state index contributed by atoms with van der Waals surface area (Å²) < 4.78 is 0. The van der Waals surface area contributed by atoms with Crippen LogP contribution in [0, 0.1) is 5.92 Å². The number of pyridine rings is 1. The number of hydrogen-bond acceptors (Lipinski definition) is 5. The Kier molecular flexibility index (Phi) is 4.64. The lowest BCUT2D eigenvalue weighted by Crippen LogP contribution is -2.21. The van der Waals surface area contributed by atoms with Gasteiger partial charge in [0.15, 0.2) is 5.78 Å². The Labute approximate surface area is 157 Å². The molecule has 1 aliphatic carbocycles. The minimum atomic E-state index is 0.0941. The van der Waals surface area contributed by atoms with Crippen LogP contribution in [-0.4, -0.2) is 27.5 Å². The van der Waals surface area contributed by atoms with Gasteiger partial charge in [-0.2, -0.15) is 0 Å². The number of nitrogens with two attached hydrogens (primary N) is 1. The third-order valence-corrected chi connectivity index (χ3v) is 4.97. The molecule has 2 aromatic heterocycles. The number of aromatic nitrogens is 2. The highest BCUT2D eigenvalue weighted by Gasteiger charge is 2.31. The van der Waals surface area contributed by atoms with E-state index in [2.05, 4.69) is 15.3 Å². The fraction of sp³-hybridized carbons (Fsp3) is 0.238. The van der Waals surface area contributed by atoms with Crippen LogP contribution in [0.5, 0.6) is 0 Å². The van der Waals surface area contributed by atoms with Gasteiger partial charge in [0, 0.05) is 36.2 Å². The van der Waals surface area contributed by atoms with E-state index in [0.717, 1.165) is 34.7 Å². The Balaban J connectivity index is 1.83. The molecule has 6 nitrogen and oxygen atoms in total. The summed E-state index contributed by atoms with van der Waals surface area (Å²) in [6.07, 6.45) is 3.48. The number of aliphatic hydroxyl groups is 1. The predicted molar refractivity (Wildman–Crippen MR) is 106 cm³/mol. The Morgan fingerprint density at radius 3 is 2.78 bits per heavy atom. The number of carbonyl (C=O) groups excluding carboxylic acids is 1. The number of anilines is 3. The van der Waals surface area contributed by atoms with E-state index in [0.29, 0.717) is 24.2 Å². The highest BCUT2D eigenvalue weighted by molar-refractivity contribution is 6.07. The zero-order valence-corrected chi connectivity index (χ0v) is 14.9. The minimum absolute atomic E-state index is 0.0941. The van der Waals surface area contributed by atoms with Crippen molar-refractivity contribution in [3.63, 3.8) is 0 Å². The molecule has 0 amide bonds. The molecule has 27 heavy (non-hydrogen) atoms. The number of aromatic amines is 1. The zero-order valence-electron chi connectivity index (χ0n) is 14.9. The lowest BCUT2D eigenvalue weighted by molar-refractivity contribution is 0.0940. The average Bonchev–Trinajstić information content (AvgIpc) is 3.02. The van der Waals surface area contributed by atoms with E-state index in [1.54, 1.807) is 12.3 Å². The number of H-pyrrole nitrogens is 1. The number of nitrogen functional groups attached to an aromatic ring is 1. The molecule has 0 fully saturated rings. The second-order valence-electron chi connectivity index (χ2n) is 6.90. The molecule has 4 rings (SSSR count). The number of hydrogen-bond donors (Lipinski definition) is 4. The molecule has 138 valence electrons. The quantitative estimate of drug-likeness (QED) is 0.556. The van der Waals surface area contributed by atoms with Crippen LogP contribution < -0.4 is 11.1 Å². The van der Waals surface area contributed by atoms with Crippen LogP contribution in [0.25, 0.3) is 11.3 Å². The number of nitrogens with zero attached hydrogens (tertiary/aromatic N) is 1. The van der Waals surface area contributed by atoms with Gasteiger partial charge in [-0.3, -0.25) is 4.79 Å². The van der Waals surface area contributed by atoms with Crippen molar-refractivity contribution in [2.45, 2.75) is 19.3 Å². The number of fused-ring (bicyclic) bond motifs is 1. The molecule has 0 radical (unpaired) electrons.